The summed E-state index contributed by atoms with van der Waals surface area (Å²) in [5.74, 6) is -2.44. The summed E-state index contributed by atoms with van der Waals surface area (Å²) in [5.41, 5.74) is 0.0896. The summed E-state index contributed by atoms with van der Waals surface area (Å²) in [7, 11) is -3.43. The van der Waals surface area contributed by atoms with Crippen LogP contribution in [0.15, 0.2) is 70.3 Å². The molecule has 3 aliphatic rings. The number of hydrogen-bond donors (Lipinski definition) is 2. The van der Waals surface area contributed by atoms with Gasteiger partial charge in [0.05, 0.1) is 15.7 Å². The smallest absolute Gasteiger partial charge is 0.307 e. The Kier molecular flexibility index (Phi) is 9.31. The molecule has 37 heavy (non-hydrogen) atoms. The number of rotatable bonds is 5. The van der Waals surface area contributed by atoms with Gasteiger partial charge in [-0.25, -0.2) is 13.1 Å². The SMILES string of the molecule is CC.CC1(C)CC(NS(=O)C2=CN(S(=O)c3ccccc3)C3=CC=CC(C(F)(F)F)CC32)CC(C)(C)N1. The standard InChI is InChI=1S/C25H32F3N3O2S2.C2H6/c1-23(2)14-18(15-24(3,4)30-23)29-34(32)22-16-31(35(33)19-10-6-5-7-11-19)21-12-8-9-17(13-20(21)22)25(26,27)28;1-2/h5-12,16-18,20,29-30H,13-15H2,1-4H3;1-2H3. The summed E-state index contributed by atoms with van der Waals surface area (Å²) >= 11 is 0. The maximum atomic E-state index is 13.7. The van der Waals surface area contributed by atoms with Crippen LogP contribution in [-0.4, -0.2) is 36.0 Å². The van der Waals surface area contributed by atoms with Crippen LogP contribution in [0.4, 0.5) is 13.2 Å². The Balaban J connectivity index is 0.00000186. The number of halogens is 3. The van der Waals surface area contributed by atoms with E-state index >= 15 is 0 Å². The fourth-order valence-electron chi connectivity index (χ4n) is 5.47. The molecule has 1 saturated heterocycles. The Bertz CT molecular complexity index is 1080. The second kappa shape index (κ2) is 11.6. The van der Waals surface area contributed by atoms with Crippen molar-refractivity contribution in [1.29, 1.82) is 0 Å². The minimum atomic E-state index is -4.42. The molecule has 2 heterocycles. The molecule has 0 bridgehead atoms. The first-order valence-corrected chi connectivity index (χ1v) is 14.9. The van der Waals surface area contributed by atoms with Crippen LogP contribution in [-0.2, 0) is 22.0 Å². The van der Waals surface area contributed by atoms with Crippen molar-refractivity contribution in [2.24, 2.45) is 11.8 Å². The van der Waals surface area contributed by atoms with E-state index in [1.165, 1.54) is 16.6 Å². The molecule has 1 aromatic carbocycles. The molecule has 1 aromatic rings. The molecule has 1 aliphatic carbocycles. The average molecular weight is 558 g/mol. The third kappa shape index (κ3) is 7.22. The summed E-state index contributed by atoms with van der Waals surface area (Å²) < 4.78 is 72.8. The second-order valence-corrected chi connectivity index (χ2v) is 13.3. The maximum Gasteiger partial charge on any atom is 0.395 e. The van der Waals surface area contributed by atoms with Gasteiger partial charge in [0.2, 0.25) is 0 Å². The van der Waals surface area contributed by atoms with E-state index in [9.17, 15) is 21.6 Å². The monoisotopic (exact) mass is 557 g/mol. The molecule has 5 nitrogen and oxygen atoms in total. The van der Waals surface area contributed by atoms with Crippen LogP contribution in [0.2, 0.25) is 0 Å². The van der Waals surface area contributed by atoms with Gasteiger partial charge in [0.25, 0.3) is 0 Å². The van der Waals surface area contributed by atoms with E-state index in [0.29, 0.717) is 15.5 Å². The van der Waals surface area contributed by atoms with E-state index < -0.39 is 40.0 Å². The Morgan fingerprint density at radius 3 is 2.19 bits per heavy atom. The first-order chi connectivity index (χ1) is 17.3. The molecule has 4 rings (SSSR count). The van der Waals surface area contributed by atoms with Crippen LogP contribution in [0.25, 0.3) is 0 Å². The number of nitrogens with zero attached hydrogens (tertiary/aromatic N) is 1. The van der Waals surface area contributed by atoms with Crippen molar-refractivity contribution in [1.82, 2.24) is 14.3 Å². The van der Waals surface area contributed by atoms with Gasteiger partial charge in [-0.15, -0.1) is 0 Å². The van der Waals surface area contributed by atoms with Crippen molar-refractivity contribution < 1.29 is 21.6 Å². The van der Waals surface area contributed by atoms with Gasteiger partial charge >= 0.3 is 6.18 Å². The van der Waals surface area contributed by atoms with Crippen LogP contribution >= 0.6 is 0 Å². The third-order valence-electron chi connectivity index (χ3n) is 6.52. The molecule has 0 saturated carbocycles. The number of hydrogen-bond acceptors (Lipinski definition) is 3. The number of alkyl halides is 3. The molecule has 206 valence electrons. The van der Waals surface area contributed by atoms with Gasteiger partial charge in [-0.3, -0.25) is 4.31 Å². The minimum Gasteiger partial charge on any atom is -0.307 e. The first kappa shape index (κ1) is 29.8. The van der Waals surface area contributed by atoms with Gasteiger partial charge in [0.1, 0.15) is 11.0 Å². The van der Waals surface area contributed by atoms with E-state index in [-0.39, 0.29) is 23.5 Å². The van der Waals surface area contributed by atoms with E-state index in [1.807, 2.05) is 13.8 Å². The topological polar surface area (TPSA) is 61.4 Å². The summed E-state index contributed by atoms with van der Waals surface area (Å²) in [6, 6.07) is 8.64. The molecule has 0 aromatic heterocycles. The van der Waals surface area contributed by atoms with Gasteiger partial charge in [0, 0.05) is 34.9 Å². The normalized spacial score (nSPS) is 26.7. The fourth-order valence-corrected chi connectivity index (χ4v) is 8.02. The maximum absolute atomic E-state index is 13.7. The summed E-state index contributed by atoms with van der Waals surface area (Å²) in [6.45, 7) is 12.3. The van der Waals surface area contributed by atoms with Gasteiger partial charge in [-0.05, 0) is 65.2 Å². The molecular weight excluding hydrogens is 519 g/mol. The van der Waals surface area contributed by atoms with Crippen molar-refractivity contribution in [2.45, 2.75) is 89.0 Å². The van der Waals surface area contributed by atoms with Gasteiger partial charge in [-0.1, -0.05) is 44.2 Å². The van der Waals surface area contributed by atoms with Gasteiger partial charge < -0.3 is 5.32 Å². The van der Waals surface area contributed by atoms with Crippen molar-refractivity contribution in [2.75, 3.05) is 0 Å². The number of allylic oxidation sites excluding steroid dienone is 4. The molecule has 0 spiro atoms. The van der Waals surface area contributed by atoms with Gasteiger partial charge in [0.15, 0.2) is 11.0 Å². The lowest BCUT2D eigenvalue weighted by molar-refractivity contribution is -0.163. The summed E-state index contributed by atoms with van der Waals surface area (Å²) in [6.07, 6.45) is 2.31. The van der Waals surface area contributed by atoms with Crippen LogP contribution in [0.5, 0.6) is 0 Å². The van der Waals surface area contributed by atoms with Gasteiger partial charge in [-0.2, -0.15) is 13.2 Å². The highest BCUT2D eigenvalue weighted by Gasteiger charge is 2.46. The fraction of sp³-hybridized carbons (Fsp3) is 0.556. The number of benzene rings is 1. The summed E-state index contributed by atoms with van der Waals surface area (Å²) in [4.78, 5) is 0.846. The second-order valence-electron chi connectivity index (χ2n) is 10.7. The minimum absolute atomic E-state index is 0.0913. The predicted octanol–water partition coefficient (Wildman–Crippen LogP) is 6.09. The van der Waals surface area contributed by atoms with E-state index in [1.54, 1.807) is 36.4 Å². The van der Waals surface area contributed by atoms with E-state index in [0.717, 1.165) is 18.9 Å². The largest absolute Gasteiger partial charge is 0.395 e. The lowest BCUT2D eigenvalue weighted by Gasteiger charge is -2.46. The third-order valence-corrected chi connectivity index (χ3v) is 9.24. The highest BCUT2D eigenvalue weighted by atomic mass is 32.2. The van der Waals surface area contributed by atoms with Crippen LogP contribution in [0, 0.1) is 11.8 Å². The van der Waals surface area contributed by atoms with E-state index in [4.69, 9.17) is 0 Å². The molecule has 1 fully saturated rings. The van der Waals surface area contributed by atoms with Crippen LogP contribution in [0.1, 0.15) is 60.8 Å². The van der Waals surface area contributed by atoms with Crippen LogP contribution < -0.4 is 10.0 Å². The highest BCUT2D eigenvalue weighted by molar-refractivity contribution is 7.87. The van der Waals surface area contributed by atoms with Crippen LogP contribution in [0.3, 0.4) is 0 Å². The van der Waals surface area contributed by atoms with Crippen molar-refractivity contribution in [3.8, 4) is 0 Å². The molecule has 0 radical (unpaired) electrons. The van der Waals surface area contributed by atoms with Crippen molar-refractivity contribution >= 4 is 22.0 Å². The number of nitrogens with one attached hydrogen (secondary N) is 2. The Labute approximate surface area is 223 Å². The molecule has 0 amide bonds. The summed E-state index contributed by atoms with van der Waals surface area (Å²) in [5, 5.41) is 3.58. The lowest BCUT2D eigenvalue weighted by atomic mass is 9.80. The Morgan fingerprint density at radius 2 is 1.62 bits per heavy atom. The first-order valence-electron chi connectivity index (χ1n) is 12.7. The zero-order chi connectivity index (χ0) is 27.6. The van der Waals surface area contributed by atoms with Crippen molar-refractivity contribution in [3.63, 3.8) is 0 Å². The lowest BCUT2D eigenvalue weighted by Crippen LogP contribution is -2.61. The van der Waals surface area contributed by atoms with Crippen molar-refractivity contribution in [3.05, 3.63) is 65.4 Å². The number of piperidine rings is 1. The Morgan fingerprint density at radius 1 is 1.03 bits per heavy atom. The molecule has 10 heteroatoms. The quantitative estimate of drug-likeness (QED) is 0.460. The highest BCUT2D eigenvalue weighted by Crippen LogP contribution is 2.45. The molecule has 4 atom stereocenters. The number of fused-ring (bicyclic) bond motifs is 1. The van der Waals surface area contributed by atoms with E-state index in [2.05, 4.69) is 37.7 Å². The zero-order valence-electron chi connectivity index (χ0n) is 22.3. The predicted molar refractivity (Wildman–Crippen MR) is 145 cm³/mol. The zero-order valence-corrected chi connectivity index (χ0v) is 23.9. The molecule has 2 N–H and O–H groups in total. The average Bonchev–Trinajstić information content (AvgIpc) is 3.00. The molecule has 2 aliphatic heterocycles. The molecule has 4 unspecified atom stereocenters. The Hall–Kier alpha value is -1.75. The molecular formula is C27H38F3N3O2S2.